The first-order valence-electron chi connectivity index (χ1n) is 11.5. The van der Waals surface area contributed by atoms with Gasteiger partial charge in [0, 0.05) is 11.3 Å². The standard InChI is InChI=1S/C27H33NO6S/c1-6-35(32,33)17-26(2,3)16-27(4,5)23(24(29)30)28-25(31)34-15-22-20-13-9-7-11-18(20)19-12-8-10-14-21(19)22/h6-14,22-23H,1,15-17H2,2-5H3,(H,28,31)(H,29,30)/t23-/m1/s1. The van der Waals surface area contributed by atoms with Gasteiger partial charge in [0.1, 0.15) is 12.6 Å². The predicted molar refractivity (Wildman–Crippen MR) is 136 cm³/mol. The van der Waals surface area contributed by atoms with Crippen LogP contribution in [0.2, 0.25) is 0 Å². The van der Waals surface area contributed by atoms with Gasteiger partial charge in [-0.05, 0) is 39.5 Å². The fourth-order valence-corrected chi connectivity index (χ4v) is 6.65. The molecule has 1 aliphatic carbocycles. The highest BCUT2D eigenvalue weighted by Gasteiger charge is 2.42. The Hall–Kier alpha value is -3.13. The Balaban J connectivity index is 1.71. The number of carboxylic acid groups (broad SMARTS) is 1. The van der Waals surface area contributed by atoms with Gasteiger partial charge in [0.2, 0.25) is 0 Å². The molecule has 0 aromatic heterocycles. The largest absolute Gasteiger partial charge is 0.480 e. The van der Waals surface area contributed by atoms with E-state index < -0.39 is 38.8 Å². The number of hydrogen-bond acceptors (Lipinski definition) is 5. The third-order valence-electron chi connectivity index (χ3n) is 6.41. The Morgan fingerprint density at radius 2 is 1.57 bits per heavy atom. The molecule has 0 aliphatic heterocycles. The van der Waals surface area contributed by atoms with Crippen LogP contribution in [-0.4, -0.2) is 44.0 Å². The smallest absolute Gasteiger partial charge is 0.407 e. The molecule has 2 N–H and O–H groups in total. The third-order valence-corrected chi connectivity index (χ3v) is 8.11. The summed E-state index contributed by atoms with van der Waals surface area (Å²) in [4.78, 5) is 24.8. The Labute approximate surface area is 207 Å². The van der Waals surface area contributed by atoms with Gasteiger partial charge in [0.15, 0.2) is 9.84 Å². The molecule has 1 atom stereocenters. The Kier molecular flexibility index (Phi) is 7.45. The molecule has 0 fully saturated rings. The summed E-state index contributed by atoms with van der Waals surface area (Å²) in [5.74, 6) is -1.54. The minimum atomic E-state index is -3.48. The molecule has 188 valence electrons. The molecular formula is C27H33NO6S. The zero-order valence-electron chi connectivity index (χ0n) is 20.6. The van der Waals surface area contributed by atoms with E-state index >= 15 is 0 Å². The topological polar surface area (TPSA) is 110 Å². The molecule has 35 heavy (non-hydrogen) atoms. The molecule has 1 amide bonds. The van der Waals surface area contributed by atoms with E-state index in [1.807, 2.05) is 48.5 Å². The Bertz CT molecular complexity index is 1190. The average Bonchev–Trinajstić information content (AvgIpc) is 3.08. The molecule has 8 heteroatoms. The Morgan fingerprint density at radius 1 is 1.06 bits per heavy atom. The fourth-order valence-electron chi connectivity index (χ4n) is 5.34. The van der Waals surface area contributed by atoms with E-state index in [-0.39, 0.29) is 24.7 Å². The summed E-state index contributed by atoms with van der Waals surface area (Å²) < 4.78 is 29.6. The van der Waals surface area contributed by atoms with Crippen molar-refractivity contribution in [1.29, 1.82) is 0 Å². The number of amides is 1. The zero-order chi connectivity index (χ0) is 26.0. The van der Waals surface area contributed by atoms with Crippen molar-refractivity contribution in [3.8, 4) is 11.1 Å². The molecule has 0 spiro atoms. The van der Waals surface area contributed by atoms with Gasteiger partial charge >= 0.3 is 12.1 Å². The maximum absolute atomic E-state index is 12.7. The number of rotatable bonds is 10. The average molecular weight is 500 g/mol. The molecule has 0 saturated heterocycles. The van der Waals surface area contributed by atoms with Crippen LogP contribution in [0, 0.1) is 10.8 Å². The van der Waals surface area contributed by atoms with Crippen molar-refractivity contribution in [2.45, 2.75) is 46.1 Å². The molecule has 3 rings (SSSR count). The molecule has 0 unspecified atom stereocenters. The van der Waals surface area contributed by atoms with Crippen molar-refractivity contribution in [2.75, 3.05) is 12.4 Å². The quantitative estimate of drug-likeness (QED) is 0.477. The van der Waals surface area contributed by atoms with Crippen LogP contribution in [-0.2, 0) is 19.4 Å². The lowest BCUT2D eigenvalue weighted by Crippen LogP contribution is -2.52. The van der Waals surface area contributed by atoms with Gasteiger partial charge in [-0.2, -0.15) is 0 Å². The highest BCUT2D eigenvalue weighted by Crippen LogP contribution is 2.44. The van der Waals surface area contributed by atoms with E-state index in [1.54, 1.807) is 27.7 Å². The van der Waals surface area contributed by atoms with E-state index in [1.165, 1.54) is 0 Å². The van der Waals surface area contributed by atoms with Crippen LogP contribution in [0.5, 0.6) is 0 Å². The summed E-state index contributed by atoms with van der Waals surface area (Å²) in [5, 5.41) is 13.3. The monoisotopic (exact) mass is 499 g/mol. The molecule has 0 saturated carbocycles. The summed E-state index contributed by atoms with van der Waals surface area (Å²) in [6, 6.07) is 14.6. The molecule has 2 aromatic rings. The van der Waals surface area contributed by atoms with Crippen LogP contribution in [0.4, 0.5) is 4.79 Å². The van der Waals surface area contributed by atoms with Gasteiger partial charge in [-0.15, -0.1) is 0 Å². The number of sulfone groups is 1. The molecule has 1 aliphatic rings. The normalized spacial score (nSPS) is 14.5. The van der Waals surface area contributed by atoms with Crippen molar-refractivity contribution < 1.29 is 27.9 Å². The van der Waals surface area contributed by atoms with Crippen molar-refractivity contribution in [3.05, 3.63) is 71.6 Å². The second kappa shape index (κ2) is 9.85. The summed E-state index contributed by atoms with van der Waals surface area (Å²) >= 11 is 0. The first-order valence-corrected chi connectivity index (χ1v) is 13.2. The van der Waals surface area contributed by atoms with Gasteiger partial charge in [-0.1, -0.05) is 82.8 Å². The summed E-state index contributed by atoms with van der Waals surface area (Å²) in [5.41, 5.74) is 2.60. The molecule has 0 bridgehead atoms. The molecule has 7 nitrogen and oxygen atoms in total. The summed E-state index contributed by atoms with van der Waals surface area (Å²) in [6.45, 7) is 10.3. The fraction of sp³-hybridized carbons (Fsp3) is 0.407. The number of carboxylic acids is 1. The lowest BCUT2D eigenvalue weighted by molar-refractivity contribution is -0.143. The van der Waals surface area contributed by atoms with Crippen molar-refractivity contribution in [3.63, 3.8) is 0 Å². The third kappa shape index (κ3) is 6.11. The van der Waals surface area contributed by atoms with Crippen LogP contribution < -0.4 is 5.32 Å². The number of carbonyl (C=O) groups is 2. The minimum Gasteiger partial charge on any atom is -0.480 e. The number of ether oxygens (including phenoxy) is 1. The maximum atomic E-state index is 12.7. The number of benzene rings is 2. The molecule has 0 heterocycles. The molecule has 0 radical (unpaired) electrons. The Morgan fingerprint density at radius 3 is 2.06 bits per heavy atom. The van der Waals surface area contributed by atoms with E-state index in [4.69, 9.17) is 4.74 Å². The molecular weight excluding hydrogens is 466 g/mol. The van der Waals surface area contributed by atoms with Crippen molar-refractivity contribution in [1.82, 2.24) is 5.32 Å². The first kappa shape index (κ1) is 26.5. The van der Waals surface area contributed by atoms with Gasteiger partial charge < -0.3 is 15.2 Å². The lowest BCUT2D eigenvalue weighted by Gasteiger charge is -2.38. The van der Waals surface area contributed by atoms with Crippen LogP contribution in [0.1, 0.15) is 51.2 Å². The maximum Gasteiger partial charge on any atom is 0.407 e. The SMILES string of the molecule is C=CS(=O)(=O)CC(C)(C)CC(C)(C)[C@H](NC(=O)OCC1c2ccccc2-c2ccccc21)C(=O)O. The lowest BCUT2D eigenvalue weighted by atomic mass is 9.72. The number of fused-ring (bicyclic) bond motifs is 3. The first-order chi connectivity index (χ1) is 16.3. The number of carbonyl (C=O) groups excluding carboxylic acids is 1. The molecule has 2 aromatic carbocycles. The highest BCUT2D eigenvalue weighted by atomic mass is 32.2. The number of aliphatic carboxylic acids is 1. The predicted octanol–water partition coefficient (Wildman–Crippen LogP) is 4.98. The highest BCUT2D eigenvalue weighted by molar-refractivity contribution is 7.94. The van der Waals surface area contributed by atoms with Gasteiger partial charge in [-0.25, -0.2) is 18.0 Å². The van der Waals surface area contributed by atoms with Crippen LogP contribution in [0.3, 0.4) is 0 Å². The number of hydrogen-bond donors (Lipinski definition) is 2. The second-order valence-electron chi connectivity index (χ2n) is 10.5. The second-order valence-corrected chi connectivity index (χ2v) is 12.5. The minimum absolute atomic E-state index is 0.0652. The summed E-state index contributed by atoms with van der Waals surface area (Å²) in [7, 11) is -3.48. The van der Waals surface area contributed by atoms with E-state index in [2.05, 4.69) is 11.9 Å². The van der Waals surface area contributed by atoms with Crippen LogP contribution in [0.25, 0.3) is 11.1 Å². The summed E-state index contributed by atoms with van der Waals surface area (Å²) in [6.07, 6.45) is -0.600. The van der Waals surface area contributed by atoms with Crippen LogP contribution >= 0.6 is 0 Å². The zero-order valence-corrected chi connectivity index (χ0v) is 21.4. The van der Waals surface area contributed by atoms with Gasteiger partial charge in [-0.3, -0.25) is 0 Å². The van der Waals surface area contributed by atoms with Gasteiger partial charge in [0.25, 0.3) is 0 Å². The van der Waals surface area contributed by atoms with Gasteiger partial charge in [0.05, 0.1) is 5.75 Å². The van der Waals surface area contributed by atoms with E-state index in [0.717, 1.165) is 27.7 Å². The van der Waals surface area contributed by atoms with Crippen LogP contribution in [0.15, 0.2) is 60.5 Å². The van der Waals surface area contributed by atoms with Crippen molar-refractivity contribution in [2.24, 2.45) is 10.8 Å². The van der Waals surface area contributed by atoms with E-state index in [0.29, 0.717) is 0 Å². The van der Waals surface area contributed by atoms with Crippen molar-refractivity contribution >= 4 is 21.9 Å². The number of nitrogens with one attached hydrogen (secondary N) is 1. The van der Waals surface area contributed by atoms with E-state index in [9.17, 15) is 23.1 Å². The number of alkyl carbamates (subject to hydrolysis) is 1.